The summed E-state index contributed by atoms with van der Waals surface area (Å²) in [5.41, 5.74) is 7.40. The van der Waals surface area contributed by atoms with Gasteiger partial charge in [-0.25, -0.2) is 9.82 Å². The van der Waals surface area contributed by atoms with Crippen LogP contribution in [-0.4, -0.2) is 38.6 Å². The highest BCUT2D eigenvalue weighted by Gasteiger charge is 2.42. The molecular weight excluding hydrogens is 391 g/mol. The van der Waals surface area contributed by atoms with Crippen molar-refractivity contribution in [3.05, 3.63) is 53.3 Å². The Kier molecular flexibility index (Phi) is 4.93. The number of amides is 1. The maximum atomic E-state index is 14.6. The van der Waals surface area contributed by atoms with Gasteiger partial charge in [-0.3, -0.25) is 10.2 Å². The molecule has 2 fully saturated rings. The predicted octanol–water partition coefficient (Wildman–Crippen LogP) is 1.45. The van der Waals surface area contributed by atoms with E-state index in [0.29, 0.717) is 41.3 Å². The van der Waals surface area contributed by atoms with E-state index in [-0.39, 0.29) is 42.7 Å². The highest BCUT2D eigenvalue weighted by molar-refractivity contribution is 5.95. The summed E-state index contributed by atoms with van der Waals surface area (Å²) in [4.78, 5) is 12.8. The molecule has 5 rings (SSSR count). The smallest absolute Gasteiger partial charge is 0.252 e. The molecule has 0 radical (unpaired) electrons. The van der Waals surface area contributed by atoms with E-state index in [1.165, 1.54) is 13.2 Å². The second-order valence-corrected chi connectivity index (χ2v) is 7.63. The van der Waals surface area contributed by atoms with Crippen molar-refractivity contribution in [3.63, 3.8) is 0 Å². The van der Waals surface area contributed by atoms with Gasteiger partial charge in [-0.05, 0) is 36.8 Å². The molecule has 2 aromatic carbocycles. The monoisotopic (exact) mass is 414 g/mol. The number of hydrogen-bond donors (Lipinski definition) is 4. The lowest BCUT2D eigenvalue weighted by Gasteiger charge is -2.35. The van der Waals surface area contributed by atoms with E-state index in [0.717, 1.165) is 0 Å². The number of fused-ring (bicyclic) bond motifs is 2. The largest absolute Gasteiger partial charge is 0.496 e. The summed E-state index contributed by atoms with van der Waals surface area (Å²) in [6, 6.07) is 9.84. The summed E-state index contributed by atoms with van der Waals surface area (Å²) < 4.78 is 30.6. The second-order valence-electron chi connectivity index (χ2n) is 7.63. The zero-order chi connectivity index (χ0) is 20.7. The van der Waals surface area contributed by atoms with Crippen LogP contribution < -0.4 is 35.7 Å². The van der Waals surface area contributed by atoms with Crippen molar-refractivity contribution in [3.8, 4) is 17.2 Å². The summed E-state index contributed by atoms with van der Waals surface area (Å²) in [6.45, 7) is 0.794. The van der Waals surface area contributed by atoms with E-state index in [2.05, 4.69) is 21.5 Å². The molecule has 4 atom stereocenters. The van der Waals surface area contributed by atoms with Gasteiger partial charge in [0.25, 0.3) is 5.91 Å². The van der Waals surface area contributed by atoms with Crippen LogP contribution in [-0.2, 0) is 0 Å². The Balaban J connectivity index is 1.32. The summed E-state index contributed by atoms with van der Waals surface area (Å²) in [7, 11) is 1.54. The molecule has 30 heavy (non-hydrogen) atoms. The van der Waals surface area contributed by atoms with Crippen LogP contribution in [0, 0.1) is 11.7 Å². The molecule has 0 aliphatic carbocycles. The number of hydrazine groups is 1. The van der Waals surface area contributed by atoms with Crippen LogP contribution in [0.25, 0.3) is 0 Å². The molecule has 3 aliphatic rings. The average Bonchev–Trinajstić information content (AvgIpc) is 3.39. The van der Waals surface area contributed by atoms with Crippen molar-refractivity contribution >= 4 is 5.91 Å². The van der Waals surface area contributed by atoms with Crippen LogP contribution in [0.3, 0.4) is 0 Å². The summed E-state index contributed by atoms with van der Waals surface area (Å²) in [6.07, 6.45) is 0.337. The number of carbonyl (C=O) groups is 1. The molecule has 1 amide bonds. The van der Waals surface area contributed by atoms with E-state index >= 15 is 0 Å². The Morgan fingerprint density at radius 1 is 1.20 bits per heavy atom. The third-order valence-corrected chi connectivity index (χ3v) is 5.96. The topological polar surface area (TPSA) is 92.9 Å². The van der Waals surface area contributed by atoms with Crippen molar-refractivity contribution < 1.29 is 23.4 Å². The third kappa shape index (κ3) is 3.34. The van der Waals surface area contributed by atoms with Gasteiger partial charge < -0.3 is 24.8 Å². The maximum Gasteiger partial charge on any atom is 0.252 e. The molecule has 0 aromatic heterocycles. The number of piperidine rings is 1. The van der Waals surface area contributed by atoms with Gasteiger partial charge in [-0.2, -0.15) is 0 Å². The number of halogens is 1. The van der Waals surface area contributed by atoms with E-state index in [1.54, 1.807) is 30.3 Å². The molecule has 3 aliphatic heterocycles. The van der Waals surface area contributed by atoms with Crippen molar-refractivity contribution in [1.82, 2.24) is 21.5 Å². The Labute approximate surface area is 173 Å². The molecule has 0 saturated carbocycles. The minimum atomic E-state index is -0.301. The quantitative estimate of drug-likeness (QED) is 0.602. The zero-order valence-electron chi connectivity index (χ0n) is 16.4. The highest BCUT2D eigenvalue weighted by Crippen LogP contribution is 2.37. The number of hydrogen-bond acceptors (Lipinski definition) is 7. The number of carbonyl (C=O) groups excluding carboxylic acids is 1. The van der Waals surface area contributed by atoms with Crippen molar-refractivity contribution in [1.29, 1.82) is 0 Å². The first-order chi connectivity index (χ1) is 14.6. The van der Waals surface area contributed by atoms with Crippen LogP contribution >= 0.6 is 0 Å². The fraction of sp³-hybridized carbons (Fsp3) is 0.381. The van der Waals surface area contributed by atoms with E-state index in [4.69, 9.17) is 14.2 Å². The Morgan fingerprint density at radius 2 is 2.07 bits per heavy atom. The molecule has 9 heteroatoms. The van der Waals surface area contributed by atoms with Crippen LogP contribution in [0.4, 0.5) is 4.39 Å². The molecule has 2 aromatic rings. The molecule has 4 unspecified atom stereocenters. The average molecular weight is 414 g/mol. The molecule has 158 valence electrons. The van der Waals surface area contributed by atoms with Crippen LogP contribution in [0.15, 0.2) is 36.4 Å². The fourth-order valence-corrected chi connectivity index (χ4v) is 4.43. The van der Waals surface area contributed by atoms with Gasteiger partial charge in [0, 0.05) is 35.7 Å². The SMILES string of the molecule is COc1cccc(F)c1C1CC2C(CN1)NNC2NC(=O)c1ccc2c(c1)OCO2. The number of methoxy groups -OCH3 is 1. The standard InChI is InChI=1S/C21H23FN4O4/c1-28-17-4-2-3-13(22)19(17)14-8-12-15(9-23-14)25-26-20(12)24-21(27)11-5-6-16-18(7-11)30-10-29-16/h2-7,12,14-15,20,23,25-26H,8-10H2,1H3,(H,24,27). The van der Waals surface area contributed by atoms with E-state index in [1.807, 2.05) is 0 Å². The first kappa shape index (κ1) is 19.1. The summed E-state index contributed by atoms with van der Waals surface area (Å²) in [5, 5.41) is 6.43. The number of nitrogens with one attached hydrogen (secondary N) is 4. The summed E-state index contributed by atoms with van der Waals surface area (Å²) >= 11 is 0. The molecular formula is C21H23FN4O4. The molecule has 2 saturated heterocycles. The minimum Gasteiger partial charge on any atom is -0.496 e. The molecule has 8 nitrogen and oxygen atoms in total. The normalized spacial score (nSPS) is 26.9. The van der Waals surface area contributed by atoms with E-state index < -0.39 is 0 Å². The number of benzene rings is 2. The van der Waals surface area contributed by atoms with Crippen LogP contribution in [0.1, 0.15) is 28.4 Å². The Bertz CT molecular complexity index is 972. The lowest BCUT2D eigenvalue weighted by Crippen LogP contribution is -2.49. The minimum absolute atomic E-state index is 0.0681. The van der Waals surface area contributed by atoms with Crippen molar-refractivity contribution in [2.45, 2.75) is 24.7 Å². The fourth-order valence-electron chi connectivity index (χ4n) is 4.43. The first-order valence-electron chi connectivity index (χ1n) is 9.91. The molecule has 0 spiro atoms. The third-order valence-electron chi connectivity index (χ3n) is 5.96. The van der Waals surface area contributed by atoms with Gasteiger partial charge in [0.05, 0.1) is 13.3 Å². The van der Waals surface area contributed by atoms with Gasteiger partial charge in [0.15, 0.2) is 11.5 Å². The van der Waals surface area contributed by atoms with Gasteiger partial charge in [0.2, 0.25) is 6.79 Å². The lowest BCUT2D eigenvalue weighted by molar-refractivity contribution is 0.0913. The maximum absolute atomic E-state index is 14.6. The van der Waals surface area contributed by atoms with E-state index in [9.17, 15) is 9.18 Å². The first-order valence-corrected chi connectivity index (χ1v) is 9.91. The van der Waals surface area contributed by atoms with Crippen molar-refractivity contribution in [2.75, 3.05) is 20.4 Å². The molecule has 3 heterocycles. The summed E-state index contributed by atoms with van der Waals surface area (Å²) in [5.74, 6) is 1.26. The van der Waals surface area contributed by atoms with Crippen molar-refractivity contribution in [2.24, 2.45) is 5.92 Å². The van der Waals surface area contributed by atoms with Gasteiger partial charge >= 0.3 is 0 Å². The van der Waals surface area contributed by atoms with Gasteiger partial charge in [-0.1, -0.05) is 6.07 Å². The lowest BCUT2D eigenvalue weighted by atomic mass is 9.84. The highest BCUT2D eigenvalue weighted by atomic mass is 19.1. The Hall–Kier alpha value is -2.88. The molecule has 4 N–H and O–H groups in total. The number of rotatable bonds is 4. The zero-order valence-corrected chi connectivity index (χ0v) is 16.4. The number of ether oxygens (including phenoxy) is 3. The second kappa shape index (κ2) is 7.75. The molecule has 0 bridgehead atoms. The Morgan fingerprint density at radius 3 is 2.93 bits per heavy atom. The van der Waals surface area contributed by atoms with Gasteiger partial charge in [0.1, 0.15) is 11.6 Å². The van der Waals surface area contributed by atoms with Crippen LogP contribution in [0.5, 0.6) is 17.2 Å². The van der Waals surface area contributed by atoms with Crippen LogP contribution in [0.2, 0.25) is 0 Å². The predicted molar refractivity (Wildman–Crippen MR) is 106 cm³/mol. The van der Waals surface area contributed by atoms with Gasteiger partial charge in [-0.15, -0.1) is 0 Å².